The zero-order chi connectivity index (χ0) is 65.9. The maximum atomic E-state index is 13.7. The third-order valence-electron chi connectivity index (χ3n) is 16.8. The summed E-state index contributed by atoms with van der Waals surface area (Å²) in [5, 5.41) is 0. The van der Waals surface area contributed by atoms with Crippen molar-refractivity contribution in [2.24, 2.45) is 0 Å². The molecule has 486 valence electrons. The van der Waals surface area contributed by atoms with E-state index in [0.717, 1.165) is 107 Å². The number of morpholine rings is 3. The Labute approximate surface area is 541 Å². The first-order valence-corrected chi connectivity index (χ1v) is 31.5. The predicted octanol–water partition coefficient (Wildman–Crippen LogP) is 11.0. The molecule has 3 aromatic heterocycles. The van der Waals surface area contributed by atoms with Crippen LogP contribution >= 0.6 is 0 Å². The summed E-state index contributed by atoms with van der Waals surface area (Å²) in [6, 6.07) is 31.0. The molecule has 0 aliphatic carbocycles. The van der Waals surface area contributed by atoms with Gasteiger partial charge in [0.15, 0.2) is 0 Å². The highest BCUT2D eigenvalue weighted by Gasteiger charge is 2.25. The molecule has 0 bridgehead atoms. The fourth-order valence-corrected chi connectivity index (χ4v) is 11.9. The van der Waals surface area contributed by atoms with Gasteiger partial charge >= 0.3 is 0 Å². The van der Waals surface area contributed by atoms with Crippen LogP contribution in [0.2, 0.25) is 0 Å². The molecule has 3 atom stereocenters. The lowest BCUT2D eigenvalue weighted by Gasteiger charge is -2.28. The third-order valence-corrected chi connectivity index (χ3v) is 16.8. The summed E-state index contributed by atoms with van der Waals surface area (Å²) in [6.07, 6.45) is 7.19. The van der Waals surface area contributed by atoms with Crippen molar-refractivity contribution >= 4 is 68.3 Å². The first kappa shape index (κ1) is 66.7. The van der Waals surface area contributed by atoms with Gasteiger partial charge < -0.3 is 43.6 Å². The Hall–Kier alpha value is -9.18. The van der Waals surface area contributed by atoms with Gasteiger partial charge in [0.05, 0.1) is 91.3 Å². The van der Waals surface area contributed by atoms with E-state index in [4.69, 9.17) is 29.2 Å². The number of fused-ring (bicyclic) bond motifs is 3. The fourth-order valence-electron chi connectivity index (χ4n) is 11.9. The molecular weight excluding hydrogens is 1190 g/mol. The number of amides is 3. The molecule has 6 aromatic carbocycles. The molecule has 0 radical (unpaired) electrons. The predicted molar refractivity (Wildman–Crippen MR) is 357 cm³/mol. The molecule has 3 aliphatic rings. The lowest BCUT2D eigenvalue weighted by atomic mass is 9.91. The van der Waals surface area contributed by atoms with Crippen molar-refractivity contribution in [1.29, 1.82) is 0 Å². The van der Waals surface area contributed by atoms with E-state index < -0.39 is 0 Å². The summed E-state index contributed by atoms with van der Waals surface area (Å²) in [6.45, 7) is 14.8. The van der Waals surface area contributed by atoms with Crippen LogP contribution in [0.4, 0.5) is 30.6 Å². The molecular formula is C72H81F3N12O6. The van der Waals surface area contributed by atoms with E-state index in [2.05, 4.69) is 50.4 Å². The number of halogens is 3. The maximum Gasteiger partial charge on any atom is 0.253 e. The van der Waals surface area contributed by atoms with E-state index in [-0.39, 0.29) is 52.9 Å². The molecule has 0 saturated carbocycles. The molecule has 21 heteroatoms. The normalized spacial score (nSPS) is 15.2. The summed E-state index contributed by atoms with van der Waals surface area (Å²) in [5.41, 5.74) is 11.7. The SMILES string of the molecule is CC(Cc1cccc(F)c1)c1cc(C(=O)N(C)C)cc2ncc(N3CCOCC3)nc12.CC(Cc1cccc(F)c1)c1cc(C(=O)N(C)C)cc2ncc(N3CCOCC3)nc12.CC(Cc1cccc(F)c1)c1cc(C(=O)N(C)C)cc2ncc(N3CCOCC3)nc12. The first-order chi connectivity index (χ1) is 44.8. The second kappa shape index (κ2) is 30.5. The minimum atomic E-state index is -0.250. The zero-order valence-corrected chi connectivity index (χ0v) is 54.4. The molecule has 3 fully saturated rings. The van der Waals surface area contributed by atoms with E-state index in [1.807, 2.05) is 36.4 Å². The first-order valence-electron chi connectivity index (χ1n) is 31.5. The molecule has 0 N–H and O–H groups in total. The molecule has 6 heterocycles. The van der Waals surface area contributed by atoms with Gasteiger partial charge in [-0.15, -0.1) is 0 Å². The number of aromatic nitrogens is 6. The van der Waals surface area contributed by atoms with Crippen LogP contribution in [0.15, 0.2) is 128 Å². The second-order valence-electron chi connectivity index (χ2n) is 24.6. The van der Waals surface area contributed by atoms with Gasteiger partial charge in [0.1, 0.15) is 34.9 Å². The molecule has 3 saturated heterocycles. The van der Waals surface area contributed by atoms with Crippen molar-refractivity contribution in [3.05, 3.63) is 195 Å². The van der Waals surface area contributed by atoms with E-state index in [1.54, 1.807) is 130 Å². The minimum absolute atomic E-state index is 0.0217. The van der Waals surface area contributed by atoms with Crippen molar-refractivity contribution in [3.8, 4) is 0 Å². The number of hydrogen-bond donors (Lipinski definition) is 0. The van der Waals surface area contributed by atoms with Crippen LogP contribution in [0.1, 0.15) is 103 Å². The van der Waals surface area contributed by atoms with Crippen molar-refractivity contribution < 1.29 is 41.8 Å². The summed E-state index contributed by atoms with van der Waals surface area (Å²) in [7, 11) is 10.4. The number of hydrogen-bond acceptors (Lipinski definition) is 15. The van der Waals surface area contributed by atoms with Crippen LogP contribution in [0.3, 0.4) is 0 Å². The maximum absolute atomic E-state index is 13.7. The van der Waals surface area contributed by atoms with Crippen molar-refractivity contribution in [2.75, 3.05) is 136 Å². The van der Waals surface area contributed by atoms with Gasteiger partial charge in [0.2, 0.25) is 0 Å². The highest BCUT2D eigenvalue weighted by molar-refractivity contribution is 6.00. The molecule has 12 rings (SSSR count). The summed E-state index contributed by atoms with van der Waals surface area (Å²) in [4.78, 5) is 77.9. The lowest BCUT2D eigenvalue weighted by molar-refractivity contribution is 0.0820. The zero-order valence-electron chi connectivity index (χ0n) is 54.4. The third kappa shape index (κ3) is 16.7. The van der Waals surface area contributed by atoms with E-state index in [0.29, 0.717) is 92.1 Å². The number of carbonyl (C=O) groups is 3. The molecule has 3 amide bonds. The fraction of sp³-hybridized carbons (Fsp3) is 0.375. The Morgan fingerprint density at radius 1 is 0.409 bits per heavy atom. The number of benzene rings is 6. The largest absolute Gasteiger partial charge is 0.378 e. The van der Waals surface area contributed by atoms with Crippen molar-refractivity contribution in [1.82, 2.24) is 44.6 Å². The lowest BCUT2D eigenvalue weighted by Crippen LogP contribution is -2.36. The number of ether oxygens (including phenoxy) is 3. The topological polar surface area (TPSA) is 176 Å². The van der Waals surface area contributed by atoms with Gasteiger partial charge in [-0.2, -0.15) is 0 Å². The Balaban J connectivity index is 0.000000153. The monoisotopic (exact) mass is 1270 g/mol. The van der Waals surface area contributed by atoms with Crippen LogP contribution in [0, 0.1) is 17.5 Å². The Morgan fingerprint density at radius 2 is 0.667 bits per heavy atom. The van der Waals surface area contributed by atoms with Gasteiger partial charge in [-0.1, -0.05) is 57.2 Å². The molecule has 3 unspecified atom stereocenters. The van der Waals surface area contributed by atoms with E-state index >= 15 is 0 Å². The highest BCUT2D eigenvalue weighted by atomic mass is 19.1. The molecule has 9 aromatic rings. The van der Waals surface area contributed by atoms with Crippen molar-refractivity contribution in [3.63, 3.8) is 0 Å². The van der Waals surface area contributed by atoms with Gasteiger partial charge in [0, 0.05) is 98.2 Å². The highest BCUT2D eigenvalue weighted by Crippen LogP contribution is 2.34. The second-order valence-corrected chi connectivity index (χ2v) is 24.6. The Bertz CT molecular complexity index is 3700. The molecule has 93 heavy (non-hydrogen) atoms. The van der Waals surface area contributed by atoms with Crippen LogP contribution in [-0.2, 0) is 33.5 Å². The number of nitrogens with zero attached hydrogens (tertiary/aromatic N) is 12. The van der Waals surface area contributed by atoms with Gasteiger partial charge in [-0.25, -0.2) is 28.1 Å². The van der Waals surface area contributed by atoms with Crippen LogP contribution in [0.25, 0.3) is 33.1 Å². The van der Waals surface area contributed by atoms with E-state index in [1.165, 1.54) is 18.2 Å². The van der Waals surface area contributed by atoms with Crippen LogP contribution in [0.5, 0.6) is 0 Å². The Morgan fingerprint density at radius 3 is 0.903 bits per heavy atom. The molecule has 0 spiro atoms. The van der Waals surface area contributed by atoms with Gasteiger partial charge in [0.25, 0.3) is 17.7 Å². The standard InChI is InChI=1S/3C24H27FN4O2/c3*1-16(11-17-5-4-6-19(25)12-17)20-13-18(24(30)28(2)3)14-21-23(20)27-22(15-26-21)29-7-9-31-10-8-29/h3*4-6,12-16H,7-11H2,1-3H3. The smallest absolute Gasteiger partial charge is 0.253 e. The molecule has 3 aliphatic heterocycles. The average molecular weight is 1270 g/mol. The molecule has 18 nitrogen and oxygen atoms in total. The Kier molecular flexibility index (Phi) is 21.9. The average Bonchev–Trinajstić information content (AvgIpc) is 0.824. The van der Waals surface area contributed by atoms with Crippen molar-refractivity contribution in [2.45, 2.75) is 57.8 Å². The number of rotatable bonds is 15. The van der Waals surface area contributed by atoms with Crippen LogP contribution < -0.4 is 14.7 Å². The summed E-state index contributed by atoms with van der Waals surface area (Å²) < 4.78 is 57.5. The number of carbonyl (C=O) groups excluding carboxylic acids is 3. The van der Waals surface area contributed by atoms with Gasteiger partial charge in [-0.05, 0) is 143 Å². The van der Waals surface area contributed by atoms with Gasteiger partial charge in [-0.3, -0.25) is 29.3 Å². The van der Waals surface area contributed by atoms with Crippen LogP contribution in [-0.4, -0.2) is 184 Å². The summed E-state index contributed by atoms with van der Waals surface area (Å²) >= 11 is 0. The summed E-state index contributed by atoms with van der Waals surface area (Å²) in [5.74, 6) is 1.49. The minimum Gasteiger partial charge on any atom is -0.378 e. The number of anilines is 3. The van der Waals surface area contributed by atoms with E-state index in [9.17, 15) is 27.6 Å². The quantitative estimate of drug-likeness (QED) is 0.0947.